The molecule has 0 radical (unpaired) electrons. The van der Waals surface area contributed by atoms with E-state index in [1.165, 1.54) is 10.5 Å². The number of carboxylic acid groups (broad SMARTS) is 1. The molecule has 2 rings (SSSR count). The van der Waals surface area contributed by atoms with E-state index in [4.69, 9.17) is 5.11 Å². The zero-order valence-electron chi connectivity index (χ0n) is 9.10. The molecule has 0 saturated heterocycles. The zero-order valence-corrected chi connectivity index (χ0v) is 9.10. The van der Waals surface area contributed by atoms with E-state index >= 15 is 0 Å². The predicted molar refractivity (Wildman–Crippen MR) is 62.4 cm³/mol. The number of amides is 1. The summed E-state index contributed by atoms with van der Waals surface area (Å²) >= 11 is 0. The number of benzene rings is 1. The molecule has 0 aromatic heterocycles. The van der Waals surface area contributed by atoms with Crippen LogP contribution < -0.4 is 0 Å². The molecule has 1 atom stereocenters. The first-order valence-electron chi connectivity index (χ1n) is 5.42. The quantitative estimate of drug-likeness (QED) is 0.791. The van der Waals surface area contributed by atoms with Crippen LogP contribution in [0.3, 0.4) is 0 Å². The van der Waals surface area contributed by atoms with Crippen molar-refractivity contribution < 1.29 is 9.90 Å². The number of aryl methyl sites for hydroxylation is 1. The van der Waals surface area contributed by atoms with Gasteiger partial charge in [-0.05, 0) is 24.0 Å². The first-order chi connectivity index (χ1) is 7.74. The van der Waals surface area contributed by atoms with E-state index in [1.807, 2.05) is 18.2 Å². The Kier molecular flexibility index (Phi) is 2.95. The van der Waals surface area contributed by atoms with E-state index < -0.39 is 6.09 Å². The summed E-state index contributed by atoms with van der Waals surface area (Å²) in [6, 6.07) is 8.05. The predicted octanol–water partition coefficient (Wildman–Crippen LogP) is 2.84. The lowest BCUT2D eigenvalue weighted by atomic mass is 10.1. The fourth-order valence-corrected chi connectivity index (χ4v) is 2.34. The minimum Gasteiger partial charge on any atom is -0.465 e. The molecular weight excluding hydrogens is 202 g/mol. The largest absolute Gasteiger partial charge is 0.465 e. The van der Waals surface area contributed by atoms with Gasteiger partial charge in [-0.3, -0.25) is 4.90 Å². The van der Waals surface area contributed by atoms with Gasteiger partial charge in [-0.15, -0.1) is 6.58 Å². The van der Waals surface area contributed by atoms with E-state index in [0.717, 1.165) is 18.4 Å². The van der Waals surface area contributed by atoms with Gasteiger partial charge < -0.3 is 5.11 Å². The molecule has 1 aliphatic carbocycles. The summed E-state index contributed by atoms with van der Waals surface area (Å²) in [7, 11) is 0. The minimum absolute atomic E-state index is 0.00769. The molecule has 0 fully saturated rings. The first kappa shape index (κ1) is 10.7. The van der Waals surface area contributed by atoms with Crippen LogP contribution in [0.1, 0.15) is 23.6 Å². The molecule has 1 aromatic carbocycles. The molecule has 1 aliphatic rings. The van der Waals surface area contributed by atoms with Crippen molar-refractivity contribution >= 4 is 6.09 Å². The maximum Gasteiger partial charge on any atom is 0.408 e. The lowest BCUT2D eigenvalue weighted by Gasteiger charge is -2.25. The number of rotatable bonds is 3. The fraction of sp³-hybridized carbons (Fsp3) is 0.308. The molecule has 0 saturated carbocycles. The van der Waals surface area contributed by atoms with Gasteiger partial charge in [0.1, 0.15) is 0 Å². The van der Waals surface area contributed by atoms with E-state index in [-0.39, 0.29) is 6.04 Å². The lowest BCUT2D eigenvalue weighted by Crippen LogP contribution is -2.32. The van der Waals surface area contributed by atoms with E-state index in [0.29, 0.717) is 6.54 Å². The second kappa shape index (κ2) is 4.39. The maximum atomic E-state index is 11.2. The number of nitrogens with zero attached hydrogens (tertiary/aromatic N) is 1. The summed E-state index contributed by atoms with van der Waals surface area (Å²) in [4.78, 5) is 12.6. The van der Waals surface area contributed by atoms with Crippen molar-refractivity contribution in [3.8, 4) is 0 Å². The number of carbonyl (C=O) groups is 1. The Morgan fingerprint density at radius 2 is 2.31 bits per heavy atom. The average molecular weight is 217 g/mol. The van der Waals surface area contributed by atoms with Crippen LogP contribution in [0.25, 0.3) is 0 Å². The summed E-state index contributed by atoms with van der Waals surface area (Å²) in [5, 5.41) is 9.17. The highest BCUT2D eigenvalue weighted by Gasteiger charge is 2.29. The molecule has 0 bridgehead atoms. The van der Waals surface area contributed by atoms with Crippen LogP contribution in [0.15, 0.2) is 36.9 Å². The summed E-state index contributed by atoms with van der Waals surface area (Å²) in [5.41, 5.74) is 2.41. The second-order valence-electron chi connectivity index (χ2n) is 3.98. The van der Waals surface area contributed by atoms with Crippen molar-refractivity contribution in [2.45, 2.75) is 18.9 Å². The van der Waals surface area contributed by atoms with E-state index in [2.05, 4.69) is 12.6 Å². The monoisotopic (exact) mass is 217 g/mol. The van der Waals surface area contributed by atoms with Crippen LogP contribution in [-0.2, 0) is 6.42 Å². The Hall–Kier alpha value is -1.77. The van der Waals surface area contributed by atoms with Gasteiger partial charge in [0.25, 0.3) is 0 Å². The van der Waals surface area contributed by atoms with Gasteiger partial charge in [0.15, 0.2) is 0 Å². The van der Waals surface area contributed by atoms with Crippen LogP contribution in [0, 0.1) is 0 Å². The molecule has 1 amide bonds. The Labute approximate surface area is 95.0 Å². The van der Waals surface area contributed by atoms with Crippen LogP contribution in [0.4, 0.5) is 4.79 Å². The maximum absolute atomic E-state index is 11.2. The van der Waals surface area contributed by atoms with Crippen LogP contribution in [0.2, 0.25) is 0 Å². The molecule has 1 unspecified atom stereocenters. The van der Waals surface area contributed by atoms with Crippen LogP contribution in [-0.4, -0.2) is 22.6 Å². The smallest absolute Gasteiger partial charge is 0.408 e. The summed E-state index contributed by atoms with van der Waals surface area (Å²) in [6.07, 6.45) is 2.60. The molecule has 0 heterocycles. The van der Waals surface area contributed by atoms with Crippen molar-refractivity contribution in [2.75, 3.05) is 6.54 Å². The highest BCUT2D eigenvalue weighted by Crippen LogP contribution is 2.35. The number of hydrogen-bond donors (Lipinski definition) is 1. The third-order valence-electron chi connectivity index (χ3n) is 3.05. The van der Waals surface area contributed by atoms with Crippen molar-refractivity contribution in [3.63, 3.8) is 0 Å². The molecule has 16 heavy (non-hydrogen) atoms. The van der Waals surface area contributed by atoms with Gasteiger partial charge >= 0.3 is 6.09 Å². The second-order valence-corrected chi connectivity index (χ2v) is 3.98. The van der Waals surface area contributed by atoms with Gasteiger partial charge in [-0.2, -0.15) is 0 Å². The minimum atomic E-state index is -0.874. The Morgan fingerprint density at radius 1 is 1.56 bits per heavy atom. The molecular formula is C13H15NO2. The van der Waals surface area contributed by atoms with Gasteiger partial charge in [0.05, 0.1) is 6.04 Å². The topological polar surface area (TPSA) is 40.5 Å². The fourth-order valence-electron chi connectivity index (χ4n) is 2.34. The Balaban J connectivity index is 2.28. The van der Waals surface area contributed by atoms with Gasteiger partial charge in [-0.1, -0.05) is 30.3 Å². The first-order valence-corrected chi connectivity index (χ1v) is 5.42. The number of hydrogen-bond acceptors (Lipinski definition) is 1. The van der Waals surface area contributed by atoms with Crippen molar-refractivity contribution in [2.24, 2.45) is 0 Å². The van der Waals surface area contributed by atoms with Crippen LogP contribution in [0.5, 0.6) is 0 Å². The average Bonchev–Trinajstić information content (AvgIpc) is 2.69. The van der Waals surface area contributed by atoms with Crippen LogP contribution >= 0.6 is 0 Å². The molecule has 3 heteroatoms. The third kappa shape index (κ3) is 1.81. The number of fused-ring (bicyclic) bond motifs is 1. The van der Waals surface area contributed by atoms with Gasteiger partial charge in [0, 0.05) is 6.54 Å². The molecule has 1 aromatic rings. The summed E-state index contributed by atoms with van der Waals surface area (Å²) in [5.74, 6) is 0. The summed E-state index contributed by atoms with van der Waals surface area (Å²) in [6.45, 7) is 3.99. The van der Waals surface area contributed by atoms with E-state index in [9.17, 15) is 4.79 Å². The molecule has 0 spiro atoms. The molecule has 1 N–H and O–H groups in total. The molecule has 0 aliphatic heterocycles. The Bertz CT molecular complexity index is 414. The van der Waals surface area contributed by atoms with Crippen molar-refractivity contribution in [1.82, 2.24) is 4.90 Å². The zero-order chi connectivity index (χ0) is 11.5. The molecule has 84 valence electrons. The van der Waals surface area contributed by atoms with E-state index in [1.54, 1.807) is 6.08 Å². The van der Waals surface area contributed by atoms with Crippen molar-refractivity contribution in [3.05, 3.63) is 48.0 Å². The van der Waals surface area contributed by atoms with Crippen molar-refractivity contribution in [1.29, 1.82) is 0 Å². The lowest BCUT2D eigenvalue weighted by molar-refractivity contribution is 0.131. The standard InChI is InChI=1S/C13H15NO2/c1-2-9-14(13(15)16)12-8-7-10-5-3-4-6-11(10)12/h2-6,12H,1,7-9H2,(H,15,16). The highest BCUT2D eigenvalue weighted by molar-refractivity contribution is 5.66. The molecule has 3 nitrogen and oxygen atoms in total. The Morgan fingerprint density at radius 3 is 3.00 bits per heavy atom. The van der Waals surface area contributed by atoms with Gasteiger partial charge in [0.2, 0.25) is 0 Å². The SMILES string of the molecule is C=CCN(C(=O)O)C1CCc2ccccc21. The normalized spacial score (nSPS) is 17.9. The van der Waals surface area contributed by atoms with Gasteiger partial charge in [-0.25, -0.2) is 4.79 Å². The summed E-state index contributed by atoms with van der Waals surface area (Å²) < 4.78 is 0. The highest BCUT2D eigenvalue weighted by atomic mass is 16.4. The third-order valence-corrected chi connectivity index (χ3v) is 3.05.